The molecule has 1 aliphatic heterocycles. The molecule has 0 atom stereocenters. The Hall–Kier alpha value is -2.08. The zero-order chi connectivity index (χ0) is 12.3. The lowest BCUT2D eigenvalue weighted by Gasteiger charge is -2.20. The zero-order valence-corrected chi connectivity index (χ0v) is 9.18. The largest absolute Gasteiger partial charge is 0.491 e. The Bertz CT molecular complexity index is 447. The molecule has 17 heavy (non-hydrogen) atoms. The maximum Gasteiger partial charge on any atom is 0.253 e. The van der Waals surface area contributed by atoms with E-state index in [1.807, 2.05) is 11.5 Å². The minimum absolute atomic E-state index is 0.101. The third-order valence-electron chi connectivity index (χ3n) is 2.49. The molecule has 6 heteroatoms. The maximum absolute atomic E-state index is 11.9. The van der Waals surface area contributed by atoms with Crippen LogP contribution >= 0.6 is 0 Å². The SMILES string of the molecule is NNC(=O)CN1C(=O)CCOc2ccccc21. The van der Waals surface area contributed by atoms with Crippen molar-refractivity contribution in [1.29, 1.82) is 0 Å². The minimum atomic E-state index is -0.421. The van der Waals surface area contributed by atoms with E-state index in [2.05, 4.69) is 0 Å². The smallest absolute Gasteiger partial charge is 0.253 e. The van der Waals surface area contributed by atoms with Gasteiger partial charge in [0.2, 0.25) is 5.91 Å². The number of amides is 2. The molecule has 0 radical (unpaired) electrons. The number of nitrogens with zero attached hydrogens (tertiary/aromatic N) is 1. The first-order chi connectivity index (χ1) is 8.22. The average Bonchev–Trinajstić information content (AvgIpc) is 2.50. The van der Waals surface area contributed by atoms with Crippen LogP contribution in [0.2, 0.25) is 0 Å². The highest BCUT2D eigenvalue weighted by Crippen LogP contribution is 2.30. The Kier molecular flexibility index (Phi) is 3.24. The molecule has 1 aliphatic rings. The second kappa shape index (κ2) is 4.84. The number of ether oxygens (including phenoxy) is 1. The summed E-state index contributed by atoms with van der Waals surface area (Å²) in [5.41, 5.74) is 2.61. The highest BCUT2D eigenvalue weighted by molar-refractivity contribution is 6.00. The standard InChI is InChI=1S/C11H13N3O3/c12-13-10(15)7-14-8-3-1-2-4-9(8)17-6-5-11(14)16/h1-4H,5-7,12H2,(H,13,15). The summed E-state index contributed by atoms with van der Waals surface area (Å²) < 4.78 is 5.44. The first-order valence-corrected chi connectivity index (χ1v) is 5.24. The Morgan fingerprint density at radius 2 is 2.24 bits per heavy atom. The van der Waals surface area contributed by atoms with Gasteiger partial charge in [-0.1, -0.05) is 12.1 Å². The predicted molar refractivity (Wildman–Crippen MR) is 61.2 cm³/mol. The van der Waals surface area contributed by atoms with Gasteiger partial charge in [0.25, 0.3) is 5.91 Å². The first kappa shape index (κ1) is 11.4. The molecule has 2 rings (SSSR count). The first-order valence-electron chi connectivity index (χ1n) is 5.24. The molecule has 1 aromatic rings. The molecule has 6 nitrogen and oxygen atoms in total. The van der Waals surface area contributed by atoms with E-state index in [1.165, 1.54) is 4.90 Å². The van der Waals surface area contributed by atoms with E-state index in [0.717, 1.165) is 0 Å². The molecular formula is C11H13N3O3. The van der Waals surface area contributed by atoms with Gasteiger partial charge in [-0.15, -0.1) is 0 Å². The van der Waals surface area contributed by atoms with Gasteiger partial charge in [-0.2, -0.15) is 0 Å². The second-order valence-corrected chi connectivity index (χ2v) is 3.61. The quantitative estimate of drug-likeness (QED) is 0.422. The molecule has 0 bridgehead atoms. The summed E-state index contributed by atoms with van der Waals surface area (Å²) in [6, 6.07) is 7.10. The van der Waals surface area contributed by atoms with Crippen LogP contribution in [0.5, 0.6) is 5.75 Å². The fraction of sp³-hybridized carbons (Fsp3) is 0.273. The lowest BCUT2D eigenvalue weighted by molar-refractivity contribution is -0.123. The van der Waals surface area contributed by atoms with Crippen LogP contribution in [0.3, 0.4) is 0 Å². The van der Waals surface area contributed by atoms with E-state index in [9.17, 15) is 9.59 Å². The normalized spacial score (nSPS) is 14.6. The molecule has 2 amide bonds. The van der Waals surface area contributed by atoms with Gasteiger partial charge < -0.3 is 4.74 Å². The highest BCUT2D eigenvalue weighted by Gasteiger charge is 2.24. The molecule has 0 spiro atoms. The third-order valence-corrected chi connectivity index (χ3v) is 2.49. The average molecular weight is 235 g/mol. The van der Waals surface area contributed by atoms with Gasteiger partial charge in [0.05, 0.1) is 18.7 Å². The van der Waals surface area contributed by atoms with Crippen molar-refractivity contribution in [1.82, 2.24) is 5.43 Å². The van der Waals surface area contributed by atoms with Crippen LogP contribution < -0.4 is 20.9 Å². The van der Waals surface area contributed by atoms with Crippen molar-refractivity contribution in [2.75, 3.05) is 18.1 Å². The number of hydrogen-bond donors (Lipinski definition) is 2. The second-order valence-electron chi connectivity index (χ2n) is 3.61. The Balaban J connectivity index is 2.33. The van der Waals surface area contributed by atoms with E-state index in [4.69, 9.17) is 10.6 Å². The molecule has 3 N–H and O–H groups in total. The van der Waals surface area contributed by atoms with Crippen molar-refractivity contribution >= 4 is 17.5 Å². The molecule has 0 fully saturated rings. The van der Waals surface area contributed by atoms with Crippen molar-refractivity contribution in [3.8, 4) is 5.75 Å². The van der Waals surface area contributed by atoms with Crippen LogP contribution in [0, 0.1) is 0 Å². The van der Waals surface area contributed by atoms with Crippen LogP contribution in [-0.2, 0) is 9.59 Å². The number of rotatable bonds is 2. The molecular weight excluding hydrogens is 222 g/mol. The number of para-hydroxylation sites is 2. The number of nitrogens with two attached hydrogens (primary N) is 1. The van der Waals surface area contributed by atoms with Crippen molar-refractivity contribution in [2.24, 2.45) is 5.84 Å². The summed E-state index contributed by atoms with van der Waals surface area (Å²) in [7, 11) is 0. The number of hydrogen-bond acceptors (Lipinski definition) is 4. The Labute approximate surface area is 98.3 Å². The van der Waals surface area contributed by atoms with Crippen molar-refractivity contribution in [3.63, 3.8) is 0 Å². The van der Waals surface area contributed by atoms with E-state index < -0.39 is 5.91 Å². The summed E-state index contributed by atoms with van der Waals surface area (Å²) in [6.07, 6.45) is 0.243. The number of carbonyl (C=O) groups excluding carboxylic acids is 2. The lowest BCUT2D eigenvalue weighted by atomic mass is 10.2. The van der Waals surface area contributed by atoms with Gasteiger partial charge >= 0.3 is 0 Å². The van der Waals surface area contributed by atoms with Crippen molar-refractivity contribution in [2.45, 2.75) is 6.42 Å². The molecule has 90 valence electrons. The number of nitrogens with one attached hydrogen (secondary N) is 1. The number of anilines is 1. The van der Waals surface area contributed by atoms with E-state index >= 15 is 0 Å². The molecule has 0 unspecified atom stereocenters. The van der Waals surface area contributed by atoms with E-state index in [1.54, 1.807) is 18.2 Å². The summed E-state index contributed by atoms with van der Waals surface area (Å²) in [4.78, 5) is 24.5. The van der Waals surface area contributed by atoms with Gasteiger partial charge in [0, 0.05) is 0 Å². The molecule has 0 saturated heterocycles. The molecule has 0 saturated carbocycles. The van der Waals surface area contributed by atoms with Crippen LogP contribution in [0.1, 0.15) is 6.42 Å². The summed E-state index contributed by atoms with van der Waals surface area (Å²) in [6.45, 7) is 0.215. The molecule has 1 aromatic carbocycles. The van der Waals surface area contributed by atoms with Crippen molar-refractivity contribution in [3.05, 3.63) is 24.3 Å². The molecule has 0 aliphatic carbocycles. The minimum Gasteiger partial charge on any atom is -0.491 e. The Morgan fingerprint density at radius 1 is 1.47 bits per heavy atom. The van der Waals surface area contributed by atoms with Crippen molar-refractivity contribution < 1.29 is 14.3 Å². The van der Waals surface area contributed by atoms with Crippen LogP contribution in [0.15, 0.2) is 24.3 Å². The van der Waals surface area contributed by atoms with Crippen LogP contribution in [0.4, 0.5) is 5.69 Å². The van der Waals surface area contributed by atoms with E-state index in [-0.39, 0.29) is 18.9 Å². The summed E-state index contributed by atoms with van der Waals surface area (Å²) in [5.74, 6) is 5.05. The maximum atomic E-state index is 11.9. The number of benzene rings is 1. The van der Waals surface area contributed by atoms with Gasteiger partial charge in [0.1, 0.15) is 12.3 Å². The molecule has 1 heterocycles. The summed E-state index contributed by atoms with van der Waals surface area (Å²) in [5, 5.41) is 0. The highest BCUT2D eigenvalue weighted by atomic mass is 16.5. The van der Waals surface area contributed by atoms with Crippen LogP contribution in [-0.4, -0.2) is 25.0 Å². The monoisotopic (exact) mass is 235 g/mol. The van der Waals surface area contributed by atoms with Gasteiger partial charge in [-0.3, -0.25) is 19.9 Å². The van der Waals surface area contributed by atoms with Gasteiger partial charge in [-0.25, -0.2) is 5.84 Å². The molecule has 0 aromatic heterocycles. The van der Waals surface area contributed by atoms with Gasteiger partial charge in [-0.05, 0) is 12.1 Å². The fourth-order valence-electron chi connectivity index (χ4n) is 1.68. The topological polar surface area (TPSA) is 84.7 Å². The fourth-order valence-corrected chi connectivity index (χ4v) is 1.68. The number of carbonyl (C=O) groups is 2. The predicted octanol–water partition coefficient (Wildman–Crippen LogP) is -0.208. The van der Waals surface area contributed by atoms with Gasteiger partial charge in [0.15, 0.2) is 0 Å². The lowest BCUT2D eigenvalue weighted by Crippen LogP contribution is -2.43. The Morgan fingerprint density at radius 3 is 3.00 bits per heavy atom. The summed E-state index contributed by atoms with van der Waals surface area (Å²) >= 11 is 0. The van der Waals surface area contributed by atoms with Crippen LogP contribution in [0.25, 0.3) is 0 Å². The zero-order valence-electron chi connectivity index (χ0n) is 9.18. The number of fused-ring (bicyclic) bond motifs is 1. The third kappa shape index (κ3) is 2.36. The number of hydrazine groups is 1. The van der Waals surface area contributed by atoms with E-state index in [0.29, 0.717) is 18.0 Å².